The molecule has 0 spiro atoms. The zero-order chi connectivity index (χ0) is 16.4. The zero-order valence-corrected chi connectivity index (χ0v) is 11.4. The van der Waals surface area contributed by atoms with Crippen molar-refractivity contribution in [1.29, 1.82) is 0 Å². The Morgan fingerprint density at radius 2 is 1.96 bits per heavy atom. The molecule has 0 saturated carbocycles. The molecule has 118 valence electrons. The number of carbonyl (C=O) groups is 1. The van der Waals surface area contributed by atoms with Crippen molar-refractivity contribution in [3.63, 3.8) is 0 Å². The molecule has 9 heteroatoms. The maximum Gasteiger partial charge on any atom is 0.573 e. The fourth-order valence-electron chi connectivity index (χ4n) is 1.93. The minimum atomic E-state index is -4.76. The lowest BCUT2D eigenvalue weighted by atomic mass is 10.2. The quantitative estimate of drug-likeness (QED) is 0.805. The SMILES string of the molecule is O=C(Nc1ccc(OC(F)(F)F)cc1)c1cnn2cccnc12. The van der Waals surface area contributed by atoms with Crippen LogP contribution in [0.25, 0.3) is 5.65 Å². The van der Waals surface area contributed by atoms with Crippen molar-refractivity contribution in [2.24, 2.45) is 0 Å². The second-order valence-corrected chi connectivity index (χ2v) is 4.47. The minimum absolute atomic E-state index is 0.251. The van der Waals surface area contributed by atoms with Crippen molar-refractivity contribution in [2.75, 3.05) is 5.32 Å². The summed E-state index contributed by atoms with van der Waals surface area (Å²) in [6, 6.07) is 6.49. The van der Waals surface area contributed by atoms with Crippen LogP contribution in [0.15, 0.2) is 48.9 Å². The van der Waals surface area contributed by atoms with E-state index in [9.17, 15) is 18.0 Å². The number of ether oxygens (including phenoxy) is 1. The first-order valence-electron chi connectivity index (χ1n) is 6.38. The summed E-state index contributed by atoms with van der Waals surface area (Å²) in [7, 11) is 0. The second-order valence-electron chi connectivity index (χ2n) is 4.47. The Morgan fingerprint density at radius 3 is 2.65 bits per heavy atom. The number of carbonyl (C=O) groups excluding carboxylic acids is 1. The number of fused-ring (bicyclic) bond motifs is 1. The van der Waals surface area contributed by atoms with Crippen molar-refractivity contribution in [3.8, 4) is 5.75 Å². The Hall–Kier alpha value is -3.10. The number of aromatic nitrogens is 3. The van der Waals surface area contributed by atoms with Crippen LogP contribution in [-0.2, 0) is 0 Å². The molecule has 0 aliphatic carbocycles. The molecule has 0 fully saturated rings. The van der Waals surface area contributed by atoms with Crippen molar-refractivity contribution < 1.29 is 22.7 Å². The molecule has 0 radical (unpaired) electrons. The maximum atomic E-state index is 12.2. The third kappa shape index (κ3) is 3.39. The molecule has 2 aromatic heterocycles. The topological polar surface area (TPSA) is 68.5 Å². The molecule has 0 unspecified atom stereocenters. The highest BCUT2D eigenvalue weighted by Gasteiger charge is 2.31. The van der Waals surface area contributed by atoms with E-state index in [1.165, 1.54) is 29.0 Å². The average Bonchev–Trinajstić information content (AvgIpc) is 2.92. The van der Waals surface area contributed by atoms with Crippen molar-refractivity contribution in [2.45, 2.75) is 6.36 Å². The van der Waals surface area contributed by atoms with Crippen LogP contribution in [0.5, 0.6) is 5.75 Å². The van der Waals surface area contributed by atoms with Crippen molar-refractivity contribution >= 4 is 17.2 Å². The highest BCUT2D eigenvalue weighted by atomic mass is 19.4. The van der Waals surface area contributed by atoms with Crippen molar-refractivity contribution in [1.82, 2.24) is 14.6 Å². The number of benzene rings is 1. The van der Waals surface area contributed by atoms with Gasteiger partial charge >= 0.3 is 6.36 Å². The van der Waals surface area contributed by atoms with E-state index in [4.69, 9.17) is 0 Å². The van der Waals surface area contributed by atoms with Crippen LogP contribution < -0.4 is 10.1 Å². The number of rotatable bonds is 3. The monoisotopic (exact) mass is 322 g/mol. The minimum Gasteiger partial charge on any atom is -0.406 e. The van der Waals surface area contributed by atoms with Gasteiger partial charge < -0.3 is 10.1 Å². The van der Waals surface area contributed by atoms with E-state index >= 15 is 0 Å². The van der Waals surface area contributed by atoms with Gasteiger partial charge in [0.25, 0.3) is 5.91 Å². The van der Waals surface area contributed by atoms with E-state index in [1.54, 1.807) is 12.3 Å². The van der Waals surface area contributed by atoms with E-state index in [0.717, 1.165) is 12.1 Å². The van der Waals surface area contributed by atoms with Crippen LogP contribution >= 0.6 is 0 Å². The molecule has 6 nitrogen and oxygen atoms in total. The molecule has 3 rings (SSSR count). The third-order valence-corrected chi connectivity index (χ3v) is 2.87. The Kier molecular flexibility index (Phi) is 3.61. The maximum absolute atomic E-state index is 12.2. The van der Waals surface area contributed by atoms with Gasteiger partial charge in [0.1, 0.15) is 11.3 Å². The van der Waals surface area contributed by atoms with Gasteiger partial charge in [0.05, 0.1) is 6.20 Å². The number of nitrogens with one attached hydrogen (secondary N) is 1. The highest BCUT2D eigenvalue weighted by Crippen LogP contribution is 2.24. The lowest BCUT2D eigenvalue weighted by Gasteiger charge is -2.09. The highest BCUT2D eigenvalue weighted by molar-refractivity contribution is 6.08. The van der Waals surface area contributed by atoms with Gasteiger partial charge in [-0.1, -0.05) is 0 Å². The number of hydrogen-bond donors (Lipinski definition) is 1. The van der Waals surface area contributed by atoms with Crippen LogP contribution in [0, 0.1) is 0 Å². The Balaban J connectivity index is 1.75. The summed E-state index contributed by atoms with van der Waals surface area (Å²) in [5.41, 5.74) is 0.947. The Labute approximate surface area is 127 Å². The predicted molar refractivity (Wildman–Crippen MR) is 74.1 cm³/mol. The normalized spacial score (nSPS) is 11.4. The summed E-state index contributed by atoms with van der Waals surface area (Å²) in [5, 5.41) is 6.54. The molecule has 1 amide bonds. The number of nitrogens with zero attached hydrogens (tertiary/aromatic N) is 3. The summed E-state index contributed by atoms with van der Waals surface area (Å²) in [6.45, 7) is 0. The summed E-state index contributed by atoms with van der Waals surface area (Å²) in [4.78, 5) is 16.2. The molecular weight excluding hydrogens is 313 g/mol. The molecule has 1 N–H and O–H groups in total. The van der Waals surface area contributed by atoms with Gasteiger partial charge in [0.15, 0.2) is 5.65 Å². The fourth-order valence-corrected chi connectivity index (χ4v) is 1.93. The van der Waals surface area contributed by atoms with Crippen LogP contribution in [0.4, 0.5) is 18.9 Å². The van der Waals surface area contributed by atoms with Gasteiger partial charge in [-0.2, -0.15) is 5.10 Å². The van der Waals surface area contributed by atoms with Crippen LogP contribution in [0.3, 0.4) is 0 Å². The number of hydrogen-bond acceptors (Lipinski definition) is 4. The molecule has 0 saturated heterocycles. The van der Waals surface area contributed by atoms with Crippen molar-refractivity contribution in [3.05, 3.63) is 54.5 Å². The molecule has 3 aromatic rings. The molecule has 0 aliphatic heterocycles. The largest absolute Gasteiger partial charge is 0.573 e. The summed E-state index contributed by atoms with van der Waals surface area (Å²) in [5.74, 6) is -0.837. The van der Waals surface area contributed by atoms with Gasteiger partial charge in [0.2, 0.25) is 0 Å². The van der Waals surface area contributed by atoms with Crippen LogP contribution in [0.1, 0.15) is 10.4 Å². The molecular formula is C14H9F3N4O2. The van der Waals surface area contributed by atoms with Gasteiger partial charge in [-0.15, -0.1) is 13.2 Å². The molecule has 0 atom stereocenters. The lowest BCUT2D eigenvalue weighted by molar-refractivity contribution is -0.274. The number of halogens is 3. The standard InChI is InChI=1S/C14H9F3N4O2/c15-14(16,17)23-10-4-2-9(3-5-10)20-13(22)11-8-19-21-7-1-6-18-12(11)21/h1-8H,(H,20,22). The lowest BCUT2D eigenvalue weighted by Crippen LogP contribution is -2.17. The molecule has 1 aromatic carbocycles. The summed E-state index contributed by atoms with van der Waals surface area (Å²) in [6.07, 6.45) is -0.230. The smallest absolute Gasteiger partial charge is 0.406 e. The number of alkyl halides is 3. The second kappa shape index (κ2) is 5.59. The summed E-state index contributed by atoms with van der Waals surface area (Å²) >= 11 is 0. The zero-order valence-electron chi connectivity index (χ0n) is 11.4. The van der Waals surface area contributed by atoms with Gasteiger partial charge in [-0.25, -0.2) is 9.50 Å². The van der Waals surface area contributed by atoms with E-state index in [-0.39, 0.29) is 11.3 Å². The average molecular weight is 322 g/mol. The number of amides is 1. The van der Waals surface area contributed by atoms with E-state index < -0.39 is 12.3 Å². The van der Waals surface area contributed by atoms with Crippen LogP contribution in [-0.4, -0.2) is 26.9 Å². The predicted octanol–water partition coefficient (Wildman–Crippen LogP) is 2.88. The van der Waals surface area contributed by atoms with E-state index in [2.05, 4.69) is 20.1 Å². The fraction of sp³-hybridized carbons (Fsp3) is 0.0714. The Morgan fingerprint density at radius 1 is 1.22 bits per heavy atom. The van der Waals surface area contributed by atoms with Crippen LogP contribution in [0.2, 0.25) is 0 Å². The van der Waals surface area contributed by atoms with Gasteiger partial charge in [-0.3, -0.25) is 4.79 Å². The molecule has 0 bridgehead atoms. The Bertz CT molecular complexity index is 843. The first kappa shape index (κ1) is 14.8. The van der Waals surface area contributed by atoms with E-state index in [0.29, 0.717) is 11.3 Å². The van der Waals surface area contributed by atoms with Gasteiger partial charge in [0, 0.05) is 18.1 Å². The molecule has 0 aliphatic rings. The first-order chi connectivity index (χ1) is 10.9. The number of anilines is 1. The molecule has 23 heavy (non-hydrogen) atoms. The first-order valence-corrected chi connectivity index (χ1v) is 6.38. The third-order valence-electron chi connectivity index (χ3n) is 2.87. The van der Waals surface area contributed by atoms with E-state index in [1.807, 2.05) is 0 Å². The summed E-state index contributed by atoms with van der Waals surface area (Å²) < 4.78 is 41.4. The van der Waals surface area contributed by atoms with Gasteiger partial charge in [-0.05, 0) is 30.3 Å². The molecule has 2 heterocycles.